The zero-order valence-electron chi connectivity index (χ0n) is 8.51. The van der Waals surface area contributed by atoms with Crippen molar-refractivity contribution in [1.29, 1.82) is 5.41 Å². The Bertz CT molecular complexity index is 178. The molecule has 1 heterocycles. The average Bonchev–Trinajstić information content (AvgIpc) is 2.09. The number of rotatable bonds is 0. The summed E-state index contributed by atoms with van der Waals surface area (Å²) in [5, 5.41) is 8.61. The molecule has 78 valence electrons. The van der Waals surface area contributed by atoms with E-state index in [2.05, 4.69) is 19.0 Å². The van der Waals surface area contributed by atoms with Gasteiger partial charge in [0.1, 0.15) is 0 Å². The molecular weight excluding hydrogens is 297 g/mol. The fourth-order valence-electron chi connectivity index (χ4n) is 1.43. The Labute approximate surface area is 102 Å². The lowest BCUT2D eigenvalue weighted by molar-refractivity contribution is -0.823. The molecular formula is C8H18IN3S. The number of hydrogen-bond acceptors (Lipinski definition) is 3. The highest BCUT2D eigenvalue weighted by Crippen LogP contribution is 2.15. The quantitative estimate of drug-likeness (QED) is 0.235. The number of halogens is 1. The minimum Gasteiger partial charge on any atom is -1.00 e. The van der Waals surface area contributed by atoms with Crippen LogP contribution < -0.4 is 24.0 Å². The number of nitrogens with zero attached hydrogens (tertiary/aromatic N) is 2. The largest absolute Gasteiger partial charge is 1.00 e. The van der Waals surface area contributed by atoms with Crippen LogP contribution in [0, 0.1) is 5.41 Å². The number of hydrogen-bond donors (Lipinski definition) is 1. The van der Waals surface area contributed by atoms with Crippen LogP contribution in [0.1, 0.15) is 0 Å². The first kappa shape index (κ1) is 13.7. The normalized spacial score (nSPS) is 22.1. The molecule has 0 radical (unpaired) electrons. The smallest absolute Gasteiger partial charge is 0.255 e. The monoisotopic (exact) mass is 315 g/mol. The summed E-state index contributed by atoms with van der Waals surface area (Å²) in [5.41, 5.74) is 0. The molecule has 0 unspecified atom stereocenters. The molecule has 0 aromatic rings. The summed E-state index contributed by atoms with van der Waals surface area (Å²) in [6, 6.07) is 0. The Morgan fingerprint density at radius 1 is 1.38 bits per heavy atom. The van der Waals surface area contributed by atoms with Gasteiger partial charge in [-0.15, -0.1) is 0 Å². The Kier molecular flexibility index (Phi) is 5.81. The van der Waals surface area contributed by atoms with Gasteiger partial charge in [0.2, 0.25) is 0 Å². The summed E-state index contributed by atoms with van der Waals surface area (Å²) in [7, 11) is 4.30. The van der Waals surface area contributed by atoms with Crippen LogP contribution in [-0.2, 0) is 0 Å². The van der Waals surface area contributed by atoms with E-state index in [0.717, 1.165) is 35.8 Å². The van der Waals surface area contributed by atoms with E-state index in [1.54, 1.807) is 11.8 Å². The zero-order valence-corrected chi connectivity index (χ0v) is 11.5. The minimum absolute atomic E-state index is 0. The Hall–Kier alpha value is 0.670. The first-order valence-corrected chi connectivity index (χ1v) is 5.47. The molecule has 1 saturated heterocycles. The topological polar surface area (TPSA) is 27.1 Å². The van der Waals surface area contributed by atoms with Gasteiger partial charge in [-0.25, -0.2) is 5.41 Å². The fourth-order valence-corrected chi connectivity index (χ4v) is 2.05. The predicted octanol–water partition coefficient (Wildman–Crippen LogP) is -2.32. The highest BCUT2D eigenvalue weighted by Gasteiger charge is 2.31. The lowest BCUT2D eigenvalue weighted by Gasteiger charge is -2.39. The van der Waals surface area contributed by atoms with Crippen molar-refractivity contribution in [3.8, 4) is 0 Å². The van der Waals surface area contributed by atoms with Gasteiger partial charge in [-0.2, -0.15) is 0 Å². The van der Waals surface area contributed by atoms with E-state index in [1.807, 2.05) is 6.26 Å². The number of nitrogens with one attached hydrogen (secondary N) is 1. The third-order valence-corrected chi connectivity index (χ3v) is 3.46. The number of quaternary nitrogens is 1. The van der Waals surface area contributed by atoms with E-state index in [9.17, 15) is 0 Å². The summed E-state index contributed by atoms with van der Waals surface area (Å²) in [6.07, 6.45) is 1.99. The fraction of sp³-hybridized carbons (Fsp3) is 0.875. The van der Waals surface area contributed by atoms with Crippen LogP contribution in [0.5, 0.6) is 0 Å². The van der Waals surface area contributed by atoms with Gasteiger partial charge in [0, 0.05) is 13.1 Å². The molecule has 1 fully saturated rings. The SMILES string of the molecule is CSC(=N)[N+]1(C)CCN(C)CC1.[I-]. The van der Waals surface area contributed by atoms with E-state index in [1.165, 1.54) is 0 Å². The summed E-state index contributed by atoms with van der Waals surface area (Å²) in [4.78, 5) is 2.33. The number of amidine groups is 1. The second kappa shape index (κ2) is 5.53. The van der Waals surface area contributed by atoms with Crippen molar-refractivity contribution in [3.63, 3.8) is 0 Å². The van der Waals surface area contributed by atoms with Crippen LogP contribution in [0.3, 0.4) is 0 Å². The van der Waals surface area contributed by atoms with Crippen molar-refractivity contribution in [1.82, 2.24) is 4.90 Å². The van der Waals surface area contributed by atoms with Crippen molar-refractivity contribution >= 4 is 16.9 Å². The second-order valence-electron chi connectivity index (χ2n) is 3.66. The molecule has 0 spiro atoms. The van der Waals surface area contributed by atoms with Gasteiger partial charge in [-0.05, 0) is 13.3 Å². The summed E-state index contributed by atoms with van der Waals surface area (Å²) in [5.74, 6) is 0. The zero-order chi connectivity index (χ0) is 9.19. The average molecular weight is 315 g/mol. The molecule has 13 heavy (non-hydrogen) atoms. The van der Waals surface area contributed by atoms with Crippen molar-refractivity contribution in [2.45, 2.75) is 0 Å². The molecule has 1 aliphatic heterocycles. The van der Waals surface area contributed by atoms with E-state index >= 15 is 0 Å². The van der Waals surface area contributed by atoms with Gasteiger partial charge < -0.3 is 24.0 Å². The van der Waals surface area contributed by atoms with Gasteiger partial charge in [0.25, 0.3) is 5.17 Å². The van der Waals surface area contributed by atoms with Gasteiger partial charge in [0.15, 0.2) is 0 Å². The van der Waals surface area contributed by atoms with Gasteiger partial charge >= 0.3 is 0 Å². The van der Waals surface area contributed by atoms with E-state index < -0.39 is 0 Å². The molecule has 1 rings (SSSR count). The van der Waals surface area contributed by atoms with Crippen molar-refractivity contribution in [2.24, 2.45) is 0 Å². The summed E-state index contributed by atoms with van der Waals surface area (Å²) >= 11 is 1.57. The summed E-state index contributed by atoms with van der Waals surface area (Å²) in [6.45, 7) is 4.38. The van der Waals surface area contributed by atoms with Gasteiger partial charge in [-0.1, -0.05) is 11.8 Å². The molecule has 1 N–H and O–H groups in total. The van der Waals surface area contributed by atoms with Crippen LogP contribution >= 0.6 is 11.8 Å². The van der Waals surface area contributed by atoms with Crippen LogP contribution in [0.25, 0.3) is 0 Å². The lowest BCUT2D eigenvalue weighted by Crippen LogP contribution is -3.00. The maximum atomic E-state index is 7.81. The van der Waals surface area contributed by atoms with Crippen LogP contribution in [-0.4, -0.2) is 61.1 Å². The molecule has 3 nitrogen and oxygen atoms in total. The molecule has 0 atom stereocenters. The van der Waals surface area contributed by atoms with Gasteiger partial charge in [-0.3, -0.25) is 9.38 Å². The maximum absolute atomic E-state index is 7.81. The van der Waals surface area contributed by atoms with Crippen LogP contribution in [0.15, 0.2) is 0 Å². The van der Waals surface area contributed by atoms with Crippen molar-refractivity contribution in [3.05, 3.63) is 0 Å². The molecule has 0 saturated carbocycles. The molecule has 0 aliphatic carbocycles. The number of piperazine rings is 1. The third kappa shape index (κ3) is 3.38. The first-order chi connectivity index (χ1) is 5.58. The van der Waals surface area contributed by atoms with Crippen molar-refractivity contribution < 1.29 is 28.5 Å². The van der Waals surface area contributed by atoms with E-state index in [4.69, 9.17) is 5.41 Å². The molecule has 0 aromatic heterocycles. The molecule has 0 bridgehead atoms. The standard InChI is InChI=1S/C8H18N3S.HI/c1-10-4-6-11(2,7-5-10)8(9)12-3;/h9H,4-7H2,1-3H3;1H/q+1;/p-1. The van der Waals surface area contributed by atoms with Gasteiger partial charge in [0.05, 0.1) is 20.1 Å². The Morgan fingerprint density at radius 2 is 1.85 bits per heavy atom. The molecule has 5 heteroatoms. The highest BCUT2D eigenvalue weighted by molar-refractivity contribution is 8.12. The molecule has 1 aliphatic rings. The van der Waals surface area contributed by atoms with E-state index in [0.29, 0.717) is 0 Å². The maximum Gasteiger partial charge on any atom is 0.255 e. The highest BCUT2D eigenvalue weighted by atomic mass is 127. The van der Waals surface area contributed by atoms with Crippen LogP contribution in [0.4, 0.5) is 0 Å². The number of thioether (sulfide) groups is 1. The molecule has 0 aromatic carbocycles. The first-order valence-electron chi connectivity index (χ1n) is 4.25. The Morgan fingerprint density at radius 3 is 2.23 bits per heavy atom. The summed E-state index contributed by atoms with van der Waals surface area (Å²) < 4.78 is 0.825. The Balaban J connectivity index is 0.00000144. The second-order valence-corrected chi connectivity index (χ2v) is 4.45. The third-order valence-electron chi connectivity index (χ3n) is 2.63. The van der Waals surface area contributed by atoms with E-state index in [-0.39, 0.29) is 24.0 Å². The van der Waals surface area contributed by atoms with Crippen LogP contribution in [0.2, 0.25) is 0 Å². The van der Waals surface area contributed by atoms with Crippen molar-refractivity contribution in [2.75, 3.05) is 46.5 Å². The molecule has 0 amide bonds. The number of likely N-dealkylation sites (N-methyl/N-ethyl adjacent to an activating group) is 2. The lowest BCUT2D eigenvalue weighted by atomic mass is 10.3. The minimum atomic E-state index is 0. The predicted molar refractivity (Wildman–Crippen MR) is 54.7 cm³/mol.